The Morgan fingerprint density at radius 2 is 1.73 bits per heavy atom. The van der Waals surface area contributed by atoms with Crippen molar-refractivity contribution in [3.8, 4) is 0 Å². The molecule has 138 valence electrons. The molecule has 1 N–H and O–H groups in total. The third-order valence-corrected chi connectivity index (χ3v) is 6.28. The normalized spacial score (nSPS) is 17.3. The second-order valence-electron chi connectivity index (χ2n) is 5.79. The number of benzene rings is 2. The topological polar surface area (TPSA) is 69.7 Å². The highest BCUT2D eigenvalue weighted by Gasteiger charge is 2.37. The fourth-order valence-electron chi connectivity index (χ4n) is 2.67. The Morgan fingerprint density at radius 3 is 2.46 bits per heavy atom. The van der Waals surface area contributed by atoms with Crippen LogP contribution in [0.25, 0.3) is 0 Å². The number of halogens is 2. The van der Waals surface area contributed by atoms with Crippen LogP contribution in [0.15, 0.2) is 48.5 Å². The average Bonchev–Trinajstić information content (AvgIpc) is 2.86. The number of nitrogens with one attached hydrogen (secondary N) is 1. The number of rotatable bonds is 5. The van der Waals surface area contributed by atoms with Gasteiger partial charge in [-0.25, -0.2) is 4.39 Å². The summed E-state index contributed by atoms with van der Waals surface area (Å²) >= 11 is 5.98. The molecule has 1 heterocycles. The molecule has 0 spiro atoms. The van der Waals surface area contributed by atoms with Crippen LogP contribution in [0.2, 0.25) is 5.02 Å². The minimum Gasteiger partial charge on any atom is -0.324 e. The number of carbonyl (C=O) groups excluding carboxylic acids is 1. The molecule has 0 aliphatic carbocycles. The van der Waals surface area contributed by atoms with Crippen LogP contribution in [0.3, 0.4) is 0 Å². The van der Waals surface area contributed by atoms with Crippen LogP contribution >= 0.6 is 11.6 Å². The Labute approximate surface area is 156 Å². The highest BCUT2D eigenvalue weighted by atomic mass is 35.5. The molecule has 2 aromatic carbocycles. The molecule has 1 amide bonds. The highest BCUT2D eigenvalue weighted by molar-refractivity contribution is 7.87. The van der Waals surface area contributed by atoms with Gasteiger partial charge in [-0.3, -0.25) is 4.79 Å². The second kappa shape index (κ2) is 7.71. The molecule has 0 aromatic heterocycles. The molecule has 6 nitrogen and oxygen atoms in total. The van der Waals surface area contributed by atoms with Crippen molar-refractivity contribution in [2.24, 2.45) is 0 Å². The van der Waals surface area contributed by atoms with Crippen LogP contribution in [-0.4, -0.2) is 42.6 Å². The van der Waals surface area contributed by atoms with E-state index in [4.69, 9.17) is 11.6 Å². The third kappa shape index (κ3) is 4.04. The van der Waals surface area contributed by atoms with Crippen LogP contribution in [0.4, 0.5) is 10.1 Å². The summed E-state index contributed by atoms with van der Waals surface area (Å²) in [6.45, 7) is -0.0538. The van der Waals surface area contributed by atoms with Crippen LogP contribution < -0.4 is 5.32 Å². The molecule has 0 unspecified atom stereocenters. The zero-order chi connectivity index (χ0) is 18.7. The molecule has 1 aliphatic heterocycles. The Morgan fingerprint density at radius 1 is 1.08 bits per heavy atom. The van der Waals surface area contributed by atoms with E-state index in [9.17, 15) is 17.6 Å². The SMILES string of the molecule is O=C(CN1CCN(Cc2ccccc2F)S1(=O)=O)Nc1ccccc1Cl. The molecule has 1 fully saturated rings. The Balaban J connectivity index is 1.66. The van der Waals surface area contributed by atoms with Crippen LogP contribution in [0.5, 0.6) is 0 Å². The molecular formula is C17H17ClFN3O3S. The van der Waals surface area contributed by atoms with Crippen molar-refractivity contribution >= 4 is 33.4 Å². The highest BCUT2D eigenvalue weighted by Crippen LogP contribution is 2.22. The summed E-state index contributed by atoms with van der Waals surface area (Å²) < 4.78 is 41.2. The zero-order valence-corrected chi connectivity index (χ0v) is 15.3. The lowest BCUT2D eigenvalue weighted by Gasteiger charge is -2.18. The molecule has 1 aliphatic rings. The maximum Gasteiger partial charge on any atom is 0.282 e. The Kier molecular flexibility index (Phi) is 5.57. The monoisotopic (exact) mass is 397 g/mol. The van der Waals surface area contributed by atoms with Crippen LogP contribution in [0.1, 0.15) is 5.56 Å². The molecular weight excluding hydrogens is 381 g/mol. The lowest BCUT2D eigenvalue weighted by Crippen LogP contribution is -2.38. The van der Waals surface area contributed by atoms with E-state index < -0.39 is 21.9 Å². The van der Waals surface area contributed by atoms with E-state index in [2.05, 4.69) is 5.32 Å². The summed E-state index contributed by atoms with van der Waals surface area (Å²) in [7, 11) is -3.83. The van der Waals surface area contributed by atoms with Gasteiger partial charge >= 0.3 is 0 Å². The van der Waals surface area contributed by atoms with Gasteiger partial charge < -0.3 is 5.32 Å². The van der Waals surface area contributed by atoms with Gasteiger partial charge in [0, 0.05) is 25.2 Å². The van der Waals surface area contributed by atoms with Crippen molar-refractivity contribution in [1.82, 2.24) is 8.61 Å². The van der Waals surface area contributed by atoms with Crippen LogP contribution in [0, 0.1) is 5.82 Å². The minimum absolute atomic E-state index is 0.0718. The average molecular weight is 398 g/mol. The van der Waals surface area contributed by atoms with E-state index in [1.807, 2.05) is 0 Å². The van der Waals surface area contributed by atoms with Crippen molar-refractivity contribution in [1.29, 1.82) is 0 Å². The first-order valence-corrected chi connectivity index (χ1v) is 9.68. The van der Waals surface area contributed by atoms with Gasteiger partial charge in [-0.2, -0.15) is 17.0 Å². The summed E-state index contributed by atoms with van der Waals surface area (Å²) in [6.07, 6.45) is 0. The van der Waals surface area contributed by atoms with Gasteiger partial charge in [0.15, 0.2) is 0 Å². The van der Waals surface area contributed by atoms with Crippen molar-refractivity contribution in [2.45, 2.75) is 6.54 Å². The van der Waals surface area contributed by atoms with Gasteiger partial charge in [-0.15, -0.1) is 0 Å². The number of hydrogen-bond donors (Lipinski definition) is 1. The molecule has 0 radical (unpaired) electrons. The number of anilines is 1. The van der Waals surface area contributed by atoms with Gasteiger partial charge in [-0.1, -0.05) is 41.9 Å². The fraction of sp³-hybridized carbons (Fsp3) is 0.235. The summed E-state index contributed by atoms with van der Waals surface area (Å²) in [4.78, 5) is 12.2. The quantitative estimate of drug-likeness (QED) is 0.842. The molecule has 0 atom stereocenters. The maximum atomic E-state index is 13.8. The lowest BCUT2D eigenvalue weighted by molar-refractivity contribution is -0.116. The number of nitrogens with zero attached hydrogens (tertiary/aromatic N) is 2. The van der Waals surface area contributed by atoms with Gasteiger partial charge in [0.2, 0.25) is 5.91 Å². The van der Waals surface area contributed by atoms with E-state index >= 15 is 0 Å². The molecule has 9 heteroatoms. The first kappa shape index (κ1) is 18.8. The number of hydrogen-bond acceptors (Lipinski definition) is 3. The van der Waals surface area contributed by atoms with Gasteiger partial charge in [-0.05, 0) is 18.2 Å². The number of carbonyl (C=O) groups is 1. The van der Waals surface area contributed by atoms with E-state index in [0.29, 0.717) is 16.3 Å². The Bertz CT molecular complexity index is 923. The first-order chi connectivity index (χ1) is 12.4. The van der Waals surface area contributed by atoms with E-state index in [-0.39, 0.29) is 26.2 Å². The zero-order valence-electron chi connectivity index (χ0n) is 13.7. The summed E-state index contributed by atoms with van der Waals surface area (Å²) in [5.74, 6) is -0.952. The minimum atomic E-state index is -3.83. The molecule has 2 aromatic rings. The van der Waals surface area contributed by atoms with Gasteiger partial charge in [0.05, 0.1) is 17.3 Å². The van der Waals surface area contributed by atoms with Crippen molar-refractivity contribution < 1.29 is 17.6 Å². The number of para-hydroxylation sites is 1. The van der Waals surface area contributed by atoms with E-state index in [1.54, 1.807) is 36.4 Å². The Hall–Kier alpha value is -2.00. The van der Waals surface area contributed by atoms with Crippen molar-refractivity contribution in [3.05, 3.63) is 64.9 Å². The summed E-state index contributed by atoms with van der Waals surface area (Å²) in [5.41, 5.74) is 0.706. The first-order valence-electron chi connectivity index (χ1n) is 7.91. The predicted octanol–water partition coefficient (Wildman–Crippen LogP) is 2.48. The molecule has 0 bridgehead atoms. The van der Waals surface area contributed by atoms with Crippen molar-refractivity contribution in [3.63, 3.8) is 0 Å². The largest absolute Gasteiger partial charge is 0.324 e. The molecule has 26 heavy (non-hydrogen) atoms. The van der Waals surface area contributed by atoms with Gasteiger partial charge in [0.25, 0.3) is 10.2 Å². The summed E-state index contributed by atoms with van der Waals surface area (Å²) in [5, 5.41) is 2.96. The third-order valence-electron chi connectivity index (χ3n) is 4.02. The van der Waals surface area contributed by atoms with Gasteiger partial charge in [0.1, 0.15) is 5.82 Å². The summed E-state index contributed by atoms with van der Waals surface area (Å²) in [6, 6.07) is 12.7. The second-order valence-corrected chi connectivity index (χ2v) is 8.13. The van der Waals surface area contributed by atoms with E-state index in [1.165, 1.54) is 12.1 Å². The lowest BCUT2D eigenvalue weighted by atomic mass is 10.2. The van der Waals surface area contributed by atoms with E-state index in [0.717, 1.165) is 8.61 Å². The molecule has 1 saturated heterocycles. The standard InChI is InChI=1S/C17H17ClFN3O3S/c18-14-6-2-4-8-16(14)20-17(23)12-22-10-9-21(26(22,24)25)11-13-5-1-3-7-15(13)19/h1-8H,9-12H2,(H,20,23). The van der Waals surface area contributed by atoms with Crippen molar-refractivity contribution in [2.75, 3.05) is 25.0 Å². The smallest absolute Gasteiger partial charge is 0.282 e. The fourth-order valence-corrected chi connectivity index (χ4v) is 4.38. The van der Waals surface area contributed by atoms with Crippen LogP contribution in [-0.2, 0) is 21.5 Å². The molecule has 0 saturated carbocycles. The number of amides is 1. The maximum absolute atomic E-state index is 13.8. The predicted molar refractivity (Wildman–Crippen MR) is 97.4 cm³/mol. The molecule has 3 rings (SSSR count).